The van der Waals surface area contributed by atoms with Gasteiger partial charge in [0.15, 0.2) is 17.6 Å². The number of aromatic amines is 1. The van der Waals surface area contributed by atoms with Gasteiger partial charge in [0.1, 0.15) is 0 Å². The molecule has 0 radical (unpaired) electrons. The number of carbonyl (C=O) groups is 2. The first-order valence-electron chi connectivity index (χ1n) is 6.90. The van der Waals surface area contributed by atoms with Crippen molar-refractivity contribution >= 4 is 22.7 Å². The first-order chi connectivity index (χ1) is 11.1. The van der Waals surface area contributed by atoms with Crippen LogP contribution in [-0.4, -0.2) is 27.1 Å². The average Bonchev–Trinajstić information content (AvgIpc) is 2.55. The number of hydrogen-bond acceptors (Lipinski definition) is 3. The van der Waals surface area contributed by atoms with E-state index in [1.807, 2.05) is 36.5 Å². The van der Waals surface area contributed by atoms with Crippen molar-refractivity contribution < 1.29 is 41.8 Å². The molecule has 2 heterocycles. The molecule has 0 atom stereocenters. The lowest BCUT2D eigenvalue weighted by atomic mass is 10.0. The molecule has 3 aromatic rings. The van der Waals surface area contributed by atoms with Crippen molar-refractivity contribution in [1.82, 2.24) is 4.98 Å². The molecule has 0 amide bonds. The summed E-state index contributed by atoms with van der Waals surface area (Å²) < 4.78 is 0. The molecular formula is C17H13BrN2O4. The van der Waals surface area contributed by atoms with E-state index in [9.17, 15) is 9.59 Å². The van der Waals surface area contributed by atoms with Crippen LogP contribution in [0.4, 0.5) is 0 Å². The zero-order chi connectivity index (χ0) is 16.4. The van der Waals surface area contributed by atoms with E-state index in [1.165, 1.54) is 12.3 Å². The van der Waals surface area contributed by atoms with Gasteiger partial charge >= 0.3 is 11.9 Å². The average molecular weight is 389 g/mol. The van der Waals surface area contributed by atoms with Gasteiger partial charge in [-0.15, -0.1) is 0 Å². The van der Waals surface area contributed by atoms with E-state index >= 15 is 0 Å². The quantitative estimate of drug-likeness (QED) is 0.599. The van der Waals surface area contributed by atoms with Crippen LogP contribution in [0.25, 0.3) is 10.8 Å². The maximum atomic E-state index is 11.2. The van der Waals surface area contributed by atoms with Crippen molar-refractivity contribution in [3.63, 3.8) is 0 Å². The summed E-state index contributed by atoms with van der Waals surface area (Å²) in [6.45, 7) is 0. The Kier molecular flexibility index (Phi) is 5.25. The number of aromatic nitrogens is 2. The summed E-state index contributed by atoms with van der Waals surface area (Å²) in [6, 6.07) is 11.1. The zero-order valence-corrected chi connectivity index (χ0v) is 13.9. The minimum Gasteiger partial charge on any atom is -1.00 e. The van der Waals surface area contributed by atoms with Crippen LogP contribution in [0.2, 0.25) is 0 Å². The number of nitrogens with zero attached hydrogens (tertiary/aromatic N) is 1. The monoisotopic (exact) mass is 388 g/mol. The number of carboxylic acid groups (broad SMARTS) is 2. The van der Waals surface area contributed by atoms with E-state index in [-0.39, 0.29) is 22.5 Å². The summed E-state index contributed by atoms with van der Waals surface area (Å²) in [6.07, 6.45) is 3.63. The van der Waals surface area contributed by atoms with Gasteiger partial charge in [-0.05, 0) is 23.1 Å². The zero-order valence-electron chi connectivity index (χ0n) is 12.4. The van der Waals surface area contributed by atoms with E-state index in [4.69, 9.17) is 10.2 Å². The Morgan fingerprint density at radius 2 is 1.83 bits per heavy atom. The van der Waals surface area contributed by atoms with E-state index in [1.54, 1.807) is 0 Å². The molecule has 0 unspecified atom stereocenters. The standard InChI is InChI=1S/C17H12N2O4.BrH/c20-16(21)13-7-10(9-19-15(13)17(22)23)8-14-12-4-2-1-3-11(12)5-6-18-14;/h1-7,9H,8H2,(H,20,21)(H,22,23);1H. The second-order valence-corrected chi connectivity index (χ2v) is 5.07. The second-order valence-electron chi connectivity index (χ2n) is 5.07. The maximum Gasteiger partial charge on any atom is 0.355 e. The first-order valence-corrected chi connectivity index (χ1v) is 6.90. The van der Waals surface area contributed by atoms with E-state index in [2.05, 4.69) is 9.97 Å². The van der Waals surface area contributed by atoms with E-state index in [0.717, 1.165) is 16.5 Å². The Hall–Kier alpha value is -2.80. The lowest BCUT2D eigenvalue weighted by Gasteiger charge is -2.05. The van der Waals surface area contributed by atoms with Gasteiger partial charge in [0.25, 0.3) is 0 Å². The topological polar surface area (TPSA) is 102 Å². The summed E-state index contributed by atoms with van der Waals surface area (Å²) in [5.41, 5.74) is 0.766. The number of hydrogen-bond donors (Lipinski definition) is 2. The highest BCUT2D eigenvalue weighted by Crippen LogP contribution is 2.18. The molecule has 0 fully saturated rings. The van der Waals surface area contributed by atoms with Crippen molar-refractivity contribution in [1.29, 1.82) is 0 Å². The SMILES string of the molecule is O=C(O)c1cc(Cc2[nH+]ccc3ccccc23)cnc1C(=O)O.[Br-]. The molecule has 0 saturated carbocycles. The molecule has 3 N–H and O–H groups in total. The van der Waals surface area contributed by atoms with Crippen molar-refractivity contribution in [2.24, 2.45) is 0 Å². The van der Waals surface area contributed by atoms with E-state index < -0.39 is 17.6 Å². The van der Waals surface area contributed by atoms with Gasteiger partial charge < -0.3 is 27.2 Å². The van der Waals surface area contributed by atoms with Crippen LogP contribution in [0.15, 0.2) is 48.8 Å². The molecule has 7 heteroatoms. The fourth-order valence-electron chi connectivity index (χ4n) is 2.52. The Morgan fingerprint density at radius 1 is 1.08 bits per heavy atom. The van der Waals surface area contributed by atoms with Gasteiger partial charge in [0.2, 0.25) is 0 Å². The molecule has 2 aromatic heterocycles. The molecule has 0 saturated heterocycles. The smallest absolute Gasteiger partial charge is 0.355 e. The van der Waals surface area contributed by atoms with Crippen molar-refractivity contribution in [3.8, 4) is 0 Å². The molecule has 0 aliphatic rings. The molecule has 0 aliphatic heterocycles. The van der Waals surface area contributed by atoms with Crippen LogP contribution in [0.5, 0.6) is 0 Å². The molecule has 3 rings (SSSR count). The fourth-order valence-corrected chi connectivity index (χ4v) is 2.52. The maximum absolute atomic E-state index is 11.2. The summed E-state index contributed by atoms with van der Waals surface area (Å²) in [5.74, 6) is -2.66. The fraction of sp³-hybridized carbons (Fsp3) is 0.0588. The van der Waals surface area contributed by atoms with Gasteiger partial charge in [0, 0.05) is 17.6 Å². The molecule has 0 bridgehead atoms. The molecule has 0 spiro atoms. The second kappa shape index (κ2) is 7.18. The number of carboxylic acids is 2. The van der Waals surface area contributed by atoms with Crippen LogP contribution < -0.4 is 22.0 Å². The predicted molar refractivity (Wildman–Crippen MR) is 81.5 cm³/mol. The number of fused-ring (bicyclic) bond motifs is 1. The van der Waals surface area contributed by atoms with Gasteiger partial charge in [0.05, 0.1) is 12.0 Å². The third-order valence-corrected chi connectivity index (χ3v) is 3.56. The Bertz CT molecular complexity index is 922. The summed E-state index contributed by atoms with van der Waals surface area (Å²) in [7, 11) is 0. The van der Waals surface area contributed by atoms with Crippen LogP contribution in [-0.2, 0) is 6.42 Å². The number of benzene rings is 1. The van der Waals surface area contributed by atoms with Crippen LogP contribution in [0, 0.1) is 0 Å². The lowest BCUT2D eigenvalue weighted by molar-refractivity contribution is -0.387. The molecule has 122 valence electrons. The normalized spacial score (nSPS) is 10.2. The number of halogens is 1. The number of H-pyrrole nitrogens is 1. The largest absolute Gasteiger partial charge is 1.00 e. The molecule has 6 nitrogen and oxygen atoms in total. The minimum atomic E-state index is -1.36. The lowest BCUT2D eigenvalue weighted by Crippen LogP contribution is -3.00. The first kappa shape index (κ1) is 17.6. The van der Waals surface area contributed by atoms with Crippen LogP contribution >= 0.6 is 0 Å². The van der Waals surface area contributed by atoms with Crippen molar-refractivity contribution in [2.45, 2.75) is 6.42 Å². The van der Waals surface area contributed by atoms with Crippen LogP contribution in [0.1, 0.15) is 32.1 Å². The molecule has 24 heavy (non-hydrogen) atoms. The number of pyridine rings is 2. The molecular weight excluding hydrogens is 376 g/mol. The number of nitrogens with one attached hydrogen (secondary N) is 1. The minimum absolute atomic E-state index is 0. The van der Waals surface area contributed by atoms with Crippen LogP contribution in [0.3, 0.4) is 0 Å². The Morgan fingerprint density at radius 3 is 2.54 bits per heavy atom. The van der Waals surface area contributed by atoms with Gasteiger partial charge in [-0.1, -0.05) is 18.2 Å². The predicted octanol–water partition coefficient (Wildman–Crippen LogP) is -0.960. The Balaban J connectivity index is 0.00000208. The van der Waals surface area contributed by atoms with Gasteiger partial charge in [-0.3, -0.25) is 0 Å². The van der Waals surface area contributed by atoms with Gasteiger partial charge in [-0.25, -0.2) is 19.6 Å². The summed E-state index contributed by atoms with van der Waals surface area (Å²) in [4.78, 5) is 29.2. The molecule has 1 aromatic carbocycles. The van der Waals surface area contributed by atoms with E-state index in [0.29, 0.717) is 12.0 Å². The Labute approximate surface area is 147 Å². The van der Waals surface area contributed by atoms with Crippen molar-refractivity contribution in [3.05, 3.63) is 71.3 Å². The number of rotatable bonds is 4. The highest BCUT2D eigenvalue weighted by Gasteiger charge is 2.19. The van der Waals surface area contributed by atoms with Gasteiger partial charge in [-0.2, -0.15) is 0 Å². The summed E-state index contributed by atoms with van der Waals surface area (Å²) >= 11 is 0. The third kappa shape index (κ3) is 3.41. The molecule has 0 aliphatic carbocycles. The number of aromatic carboxylic acids is 2. The highest BCUT2D eigenvalue weighted by molar-refractivity contribution is 6.00. The summed E-state index contributed by atoms with van der Waals surface area (Å²) in [5, 5.41) is 20.3. The third-order valence-electron chi connectivity index (χ3n) is 3.56. The van der Waals surface area contributed by atoms with Crippen molar-refractivity contribution in [2.75, 3.05) is 0 Å². The highest BCUT2D eigenvalue weighted by atomic mass is 79.9.